The van der Waals surface area contributed by atoms with Gasteiger partial charge in [0.05, 0.1) is 5.41 Å². The molecular weight excluding hydrogens is 398 g/mol. The largest absolute Gasteiger partial charge is 0.348 e. The molecule has 0 spiro atoms. The Hall–Kier alpha value is -2.69. The standard InChI is InChI=1S/C27H35N3O2/c1-29(2)26(32)27(13-16-30(20-27)25(31)18-21-7-4-3-5-8-21)19-22-9-6-10-24(17-22)23-11-14-28-15-12-23/h6,9-12,14-15,17,21H,3-5,7-8,13,16,18-20H2,1-2H3/t27-/m1/s1. The Morgan fingerprint density at radius 1 is 1.06 bits per heavy atom. The van der Waals surface area contributed by atoms with Gasteiger partial charge in [-0.05, 0) is 60.4 Å². The van der Waals surface area contributed by atoms with Crippen LogP contribution in [0.1, 0.15) is 50.5 Å². The van der Waals surface area contributed by atoms with Gasteiger partial charge < -0.3 is 9.80 Å². The Morgan fingerprint density at radius 2 is 1.81 bits per heavy atom. The van der Waals surface area contributed by atoms with E-state index < -0.39 is 5.41 Å². The number of carbonyl (C=O) groups is 2. The van der Waals surface area contributed by atoms with Crippen molar-refractivity contribution >= 4 is 11.8 Å². The smallest absolute Gasteiger partial charge is 0.230 e. The second-order valence-electron chi connectivity index (χ2n) is 9.87. The van der Waals surface area contributed by atoms with Gasteiger partial charge in [0.15, 0.2) is 0 Å². The van der Waals surface area contributed by atoms with Gasteiger partial charge in [0.1, 0.15) is 0 Å². The van der Waals surface area contributed by atoms with E-state index in [1.165, 1.54) is 32.1 Å². The van der Waals surface area contributed by atoms with Gasteiger partial charge in [0.25, 0.3) is 0 Å². The van der Waals surface area contributed by atoms with E-state index in [0.29, 0.717) is 31.8 Å². The van der Waals surface area contributed by atoms with Gasteiger partial charge in [-0.2, -0.15) is 0 Å². The number of hydrogen-bond donors (Lipinski definition) is 0. The topological polar surface area (TPSA) is 53.5 Å². The summed E-state index contributed by atoms with van der Waals surface area (Å²) in [6.45, 7) is 1.20. The molecule has 1 aliphatic carbocycles. The minimum atomic E-state index is -0.553. The molecule has 2 amide bonds. The van der Waals surface area contributed by atoms with Gasteiger partial charge in [-0.1, -0.05) is 43.5 Å². The van der Waals surface area contributed by atoms with Crippen LogP contribution in [0.4, 0.5) is 0 Å². The molecule has 4 rings (SSSR count). The summed E-state index contributed by atoms with van der Waals surface area (Å²) in [5.74, 6) is 0.878. The van der Waals surface area contributed by atoms with E-state index in [-0.39, 0.29) is 11.8 Å². The molecule has 1 atom stereocenters. The SMILES string of the molecule is CN(C)C(=O)[C@@]1(Cc2cccc(-c3ccncc3)c2)CCN(C(=O)CC2CCCCC2)C1. The van der Waals surface area contributed by atoms with Crippen LogP contribution in [0.2, 0.25) is 0 Å². The summed E-state index contributed by atoms with van der Waals surface area (Å²) in [6.07, 6.45) is 11.7. The molecule has 32 heavy (non-hydrogen) atoms. The van der Waals surface area contributed by atoms with Gasteiger partial charge in [-0.25, -0.2) is 0 Å². The number of likely N-dealkylation sites (tertiary alicyclic amines) is 1. The molecule has 2 heterocycles. The molecule has 1 aromatic carbocycles. The minimum Gasteiger partial charge on any atom is -0.348 e. The predicted molar refractivity (Wildman–Crippen MR) is 127 cm³/mol. The van der Waals surface area contributed by atoms with Gasteiger partial charge >= 0.3 is 0 Å². The highest BCUT2D eigenvalue weighted by Crippen LogP contribution is 2.38. The number of aromatic nitrogens is 1. The molecule has 2 fully saturated rings. The molecule has 2 aromatic rings. The zero-order valence-electron chi connectivity index (χ0n) is 19.4. The zero-order chi connectivity index (χ0) is 22.6. The fraction of sp³-hybridized carbons (Fsp3) is 0.519. The summed E-state index contributed by atoms with van der Waals surface area (Å²) in [5.41, 5.74) is 2.82. The van der Waals surface area contributed by atoms with Crippen LogP contribution >= 0.6 is 0 Å². The first-order chi connectivity index (χ1) is 15.5. The van der Waals surface area contributed by atoms with Crippen LogP contribution < -0.4 is 0 Å². The van der Waals surface area contributed by atoms with Crippen LogP contribution in [0.3, 0.4) is 0 Å². The highest BCUT2D eigenvalue weighted by atomic mass is 16.2. The van der Waals surface area contributed by atoms with Crippen LogP contribution in [-0.4, -0.2) is 53.8 Å². The van der Waals surface area contributed by atoms with Crippen LogP contribution in [-0.2, 0) is 16.0 Å². The lowest BCUT2D eigenvalue weighted by atomic mass is 9.79. The van der Waals surface area contributed by atoms with Gasteiger partial charge in [-0.3, -0.25) is 14.6 Å². The summed E-state index contributed by atoms with van der Waals surface area (Å²) in [4.78, 5) is 34.2. The molecular formula is C27H35N3O2. The van der Waals surface area contributed by atoms with Crippen molar-refractivity contribution in [2.75, 3.05) is 27.2 Å². The Morgan fingerprint density at radius 3 is 2.53 bits per heavy atom. The first-order valence-corrected chi connectivity index (χ1v) is 12.0. The van der Waals surface area contributed by atoms with Gasteiger partial charge in [0.2, 0.25) is 11.8 Å². The predicted octanol–water partition coefficient (Wildman–Crippen LogP) is 4.57. The Labute approximate surface area is 191 Å². The lowest BCUT2D eigenvalue weighted by Gasteiger charge is -2.31. The average Bonchev–Trinajstić information content (AvgIpc) is 3.25. The van der Waals surface area contributed by atoms with Crippen LogP contribution in [0.5, 0.6) is 0 Å². The number of benzene rings is 1. The molecule has 5 nitrogen and oxygen atoms in total. The number of amides is 2. The van der Waals surface area contributed by atoms with E-state index in [1.54, 1.807) is 17.3 Å². The summed E-state index contributed by atoms with van der Waals surface area (Å²) in [6, 6.07) is 12.4. The second kappa shape index (κ2) is 9.85. The monoisotopic (exact) mass is 433 g/mol. The first kappa shape index (κ1) is 22.5. The molecule has 1 aromatic heterocycles. The Bertz CT molecular complexity index is 937. The number of carbonyl (C=O) groups excluding carboxylic acids is 2. The van der Waals surface area contributed by atoms with E-state index >= 15 is 0 Å². The van der Waals surface area contributed by atoms with Crippen LogP contribution in [0.15, 0.2) is 48.8 Å². The van der Waals surface area contributed by atoms with Crippen molar-refractivity contribution in [2.45, 2.75) is 51.4 Å². The lowest BCUT2D eigenvalue weighted by Crippen LogP contribution is -2.44. The van der Waals surface area contributed by atoms with Crippen molar-refractivity contribution in [3.05, 3.63) is 54.4 Å². The van der Waals surface area contributed by atoms with Crippen LogP contribution in [0, 0.1) is 11.3 Å². The zero-order valence-corrected chi connectivity index (χ0v) is 19.4. The highest BCUT2D eigenvalue weighted by molar-refractivity contribution is 5.85. The minimum absolute atomic E-state index is 0.125. The van der Waals surface area contributed by atoms with Crippen molar-refractivity contribution in [3.63, 3.8) is 0 Å². The second-order valence-corrected chi connectivity index (χ2v) is 9.87. The van der Waals surface area contributed by atoms with E-state index in [2.05, 4.69) is 29.2 Å². The summed E-state index contributed by atoms with van der Waals surface area (Å²) >= 11 is 0. The number of nitrogens with zero attached hydrogens (tertiary/aromatic N) is 3. The summed E-state index contributed by atoms with van der Waals surface area (Å²) < 4.78 is 0. The normalized spacial score (nSPS) is 21.5. The number of hydrogen-bond acceptors (Lipinski definition) is 3. The molecule has 1 saturated heterocycles. The molecule has 0 radical (unpaired) electrons. The quantitative estimate of drug-likeness (QED) is 0.671. The van der Waals surface area contributed by atoms with E-state index in [9.17, 15) is 9.59 Å². The average molecular weight is 434 g/mol. The van der Waals surface area contributed by atoms with Crippen molar-refractivity contribution in [1.29, 1.82) is 0 Å². The van der Waals surface area contributed by atoms with Crippen molar-refractivity contribution < 1.29 is 9.59 Å². The fourth-order valence-electron chi connectivity index (χ4n) is 5.52. The fourth-order valence-corrected chi connectivity index (χ4v) is 5.52. The number of pyridine rings is 1. The summed E-state index contributed by atoms with van der Waals surface area (Å²) in [7, 11) is 3.65. The molecule has 0 unspecified atom stereocenters. The molecule has 2 aliphatic rings. The molecule has 1 saturated carbocycles. The van der Waals surface area contributed by atoms with Gasteiger partial charge in [0, 0.05) is 46.0 Å². The van der Waals surface area contributed by atoms with Crippen LogP contribution in [0.25, 0.3) is 11.1 Å². The van der Waals surface area contributed by atoms with E-state index in [4.69, 9.17) is 0 Å². The summed E-state index contributed by atoms with van der Waals surface area (Å²) in [5, 5.41) is 0. The van der Waals surface area contributed by atoms with Crippen molar-refractivity contribution in [2.24, 2.45) is 11.3 Å². The maximum absolute atomic E-state index is 13.4. The van der Waals surface area contributed by atoms with E-state index in [0.717, 1.165) is 23.1 Å². The maximum Gasteiger partial charge on any atom is 0.230 e. The lowest BCUT2D eigenvalue weighted by molar-refractivity contribution is -0.139. The third-order valence-electron chi connectivity index (χ3n) is 7.24. The molecule has 170 valence electrons. The molecule has 0 bridgehead atoms. The molecule has 0 N–H and O–H groups in total. The highest BCUT2D eigenvalue weighted by Gasteiger charge is 2.46. The maximum atomic E-state index is 13.4. The Kier molecular flexibility index (Phi) is 6.92. The molecule has 1 aliphatic heterocycles. The van der Waals surface area contributed by atoms with E-state index in [1.807, 2.05) is 31.1 Å². The third-order valence-corrected chi connectivity index (χ3v) is 7.24. The van der Waals surface area contributed by atoms with Gasteiger partial charge in [-0.15, -0.1) is 0 Å². The van der Waals surface area contributed by atoms with Crippen molar-refractivity contribution in [1.82, 2.24) is 14.8 Å². The number of rotatable bonds is 6. The third kappa shape index (κ3) is 5.03. The van der Waals surface area contributed by atoms with Crippen molar-refractivity contribution in [3.8, 4) is 11.1 Å². The molecule has 5 heteroatoms. The Balaban J connectivity index is 1.52. The first-order valence-electron chi connectivity index (χ1n) is 12.0.